The molecule has 7 nitrogen and oxygen atoms in total. The zero-order chi connectivity index (χ0) is 25.3. The molecule has 0 aliphatic rings. The molecule has 0 radical (unpaired) electrons. The second kappa shape index (κ2) is 12.0. The van der Waals surface area contributed by atoms with Crippen LogP contribution in [0.15, 0.2) is 54.7 Å². The summed E-state index contributed by atoms with van der Waals surface area (Å²) in [6.07, 6.45) is -1.94. The second-order valence-electron chi connectivity index (χ2n) is 7.51. The number of amides is 2. The van der Waals surface area contributed by atoms with Crippen LogP contribution in [0.5, 0.6) is 0 Å². The van der Waals surface area contributed by atoms with Crippen LogP contribution >= 0.6 is 0 Å². The number of fused-ring (bicyclic) bond motifs is 1. The summed E-state index contributed by atoms with van der Waals surface area (Å²) in [6, 6.07) is 12.3. The van der Waals surface area contributed by atoms with Crippen LogP contribution in [-0.4, -0.2) is 29.4 Å². The molecule has 2 aromatic carbocycles. The van der Waals surface area contributed by atoms with E-state index in [4.69, 9.17) is 11.5 Å². The number of hydrogen-bond donors (Lipinski definition) is 4. The molecule has 1 atom stereocenters. The quantitative estimate of drug-likeness (QED) is 0.436. The topological polar surface area (TPSA) is 123 Å². The van der Waals surface area contributed by atoms with E-state index < -0.39 is 17.8 Å². The lowest BCUT2D eigenvalue weighted by Crippen LogP contribution is -2.46. The van der Waals surface area contributed by atoms with Gasteiger partial charge in [0.15, 0.2) is 0 Å². The first-order valence-corrected chi connectivity index (χ1v) is 10.6. The summed E-state index contributed by atoms with van der Waals surface area (Å²) in [6.45, 7) is 3.66. The number of benzene rings is 2. The number of alkyl halides is 3. The molecule has 3 aromatic rings. The van der Waals surface area contributed by atoms with Gasteiger partial charge in [0.05, 0.1) is 12.1 Å². The van der Waals surface area contributed by atoms with Crippen molar-refractivity contribution in [2.75, 3.05) is 12.3 Å². The van der Waals surface area contributed by atoms with E-state index >= 15 is 0 Å². The molecule has 1 unspecified atom stereocenters. The molecule has 0 fully saturated rings. The molecule has 1 aromatic heterocycles. The number of aromatic nitrogens is 1. The monoisotopic (exact) mass is 475 g/mol. The number of nitrogens with one attached hydrogen (secondary N) is 2. The first kappa shape index (κ1) is 26.6. The van der Waals surface area contributed by atoms with Gasteiger partial charge in [-0.3, -0.25) is 9.59 Å². The Morgan fingerprint density at radius 3 is 2.47 bits per heavy atom. The number of hydrogen-bond acceptors (Lipinski definition) is 5. The maximum atomic E-state index is 12.1. The number of pyridine rings is 1. The van der Waals surface area contributed by atoms with E-state index in [9.17, 15) is 22.8 Å². The summed E-state index contributed by atoms with van der Waals surface area (Å²) in [5.74, 6) is -0.154. The Labute approximate surface area is 195 Å². The Morgan fingerprint density at radius 2 is 1.82 bits per heavy atom. The molecule has 6 N–H and O–H groups in total. The van der Waals surface area contributed by atoms with Crippen molar-refractivity contribution in [3.63, 3.8) is 0 Å². The first-order chi connectivity index (χ1) is 16.0. The highest BCUT2D eigenvalue weighted by molar-refractivity contribution is 5.91. The van der Waals surface area contributed by atoms with E-state index in [0.717, 1.165) is 22.4 Å². The molecule has 2 amide bonds. The number of halogens is 3. The number of nitrogens with zero attached hydrogens (tertiary/aromatic N) is 1. The SMILES string of the molecule is CC(NC(=O)CN)C(=O)NCc1ccc2c(N)nccc2c1.CCc1cccc(C(F)(F)F)c1. The highest BCUT2D eigenvalue weighted by Crippen LogP contribution is 2.29. The molecular formula is C24H28F3N5O2. The molecule has 3 rings (SSSR count). The van der Waals surface area contributed by atoms with E-state index in [2.05, 4.69) is 15.6 Å². The second-order valence-corrected chi connectivity index (χ2v) is 7.51. The summed E-state index contributed by atoms with van der Waals surface area (Å²) in [5.41, 5.74) is 12.1. The number of anilines is 1. The molecular weight excluding hydrogens is 447 g/mol. The van der Waals surface area contributed by atoms with Crippen molar-refractivity contribution in [3.05, 3.63) is 71.4 Å². The third kappa shape index (κ3) is 7.73. The molecule has 0 saturated carbocycles. The van der Waals surface area contributed by atoms with Crippen molar-refractivity contribution in [2.24, 2.45) is 5.73 Å². The van der Waals surface area contributed by atoms with Gasteiger partial charge in [-0.05, 0) is 48.1 Å². The van der Waals surface area contributed by atoms with Crippen molar-refractivity contribution >= 4 is 28.4 Å². The van der Waals surface area contributed by atoms with Gasteiger partial charge in [0.2, 0.25) is 11.8 Å². The lowest BCUT2D eigenvalue weighted by atomic mass is 10.1. The van der Waals surface area contributed by atoms with Crippen LogP contribution in [0.4, 0.5) is 19.0 Å². The van der Waals surface area contributed by atoms with Gasteiger partial charge in [-0.2, -0.15) is 13.2 Å². The predicted molar refractivity (Wildman–Crippen MR) is 125 cm³/mol. The molecule has 0 bridgehead atoms. The molecule has 0 aliphatic heterocycles. The Kier molecular flexibility index (Phi) is 9.37. The maximum absolute atomic E-state index is 12.1. The third-order valence-electron chi connectivity index (χ3n) is 4.95. The van der Waals surface area contributed by atoms with Crippen LogP contribution in [0, 0.1) is 0 Å². The number of carbonyl (C=O) groups is 2. The zero-order valence-electron chi connectivity index (χ0n) is 18.9. The zero-order valence-corrected chi connectivity index (χ0v) is 18.9. The summed E-state index contributed by atoms with van der Waals surface area (Å²) >= 11 is 0. The van der Waals surface area contributed by atoms with Crippen molar-refractivity contribution < 1.29 is 22.8 Å². The fourth-order valence-corrected chi connectivity index (χ4v) is 3.04. The van der Waals surface area contributed by atoms with Crippen LogP contribution in [0.3, 0.4) is 0 Å². The van der Waals surface area contributed by atoms with Gasteiger partial charge in [-0.15, -0.1) is 0 Å². The molecule has 1 heterocycles. The van der Waals surface area contributed by atoms with E-state index in [1.807, 2.05) is 31.2 Å². The minimum absolute atomic E-state index is 0.141. The fraction of sp³-hybridized carbons (Fsp3) is 0.292. The minimum Gasteiger partial charge on any atom is -0.383 e. The van der Waals surface area contributed by atoms with E-state index in [1.165, 1.54) is 12.1 Å². The summed E-state index contributed by atoms with van der Waals surface area (Å²) < 4.78 is 36.3. The van der Waals surface area contributed by atoms with Crippen LogP contribution in [0.1, 0.15) is 30.5 Å². The highest BCUT2D eigenvalue weighted by Gasteiger charge is 2.30. The third-order valence-corrected chi connectivity index (χ3v) is 4.95. The Bertz CT molecular complexity index is 1140. The maximum Gasteiger partial charge on any atom is 0.416 e. The number of nitrogens with two attached hydrogens (primary N) is 2. The number of rotatable bonds is 6. The predicted octanol–water partition coefficient (Wildman–Crippen LogP) is 3.16. The Hall–Kier alpha value is -3.66. The first-order valence-electron chi connectivity index (χ1n) is 10.6. The largest absolute Gasteiger partial charge is 0.416 e. The average Bonchev–Trinajstić information content (AvgIpc) is 2.82. The van der Waals surface area contributed by atoms with Crippen molar-refractivity contribution in [2.45, 2.75) is 39.0 Å². The van der Waals surface area contributed by atoms with Gasteiger partial charge in [0.25, 0.3) is 0 Å². The molecule has 0 spiro atoms. The van der Waals surface area contributed by atoms with Crippen LogP contribution in [0.25, 0.3) is 10.8 Å². The fourth-order valence-electron chi connectivity index (χ4n) is 3.04. The molecule has 0 saturated heterocycles. The Balaban J connectivity index is 0.000000287. The molecule has 10 heteroatoms. The molecule has 0 aliphatic carbocycles. The van der Waals surface area contributed by atoms with Gasteiger partial charge in [0, 0.05) is 18.1 Å². The van der Waals surface area contributed by atoms with Gasteiger partial charge in [-0.25, -0.2) is 4.98 Å². The van der Waals surface area contributed by atoms with Gasteiger partial charge >= 0.3 is 6.18 Å². The lowest BCUT2D eigenvalue weighted by Gasteiger charge is -2.13. The van der Waals surface area contributed by atoms with E-state index in [1.54, 1.807) is 19.2 Å². The molecule has 182 valence electrons. The normalized spacial score (nSPS) is 11.8. The highest BCUT2D eigenvalue weighted by atomic mass is 19.4. The standard InChI is InChI=1S/C15H19N5O2.C9H9F3/c1-9(20-13(21)7-16)15(22)19-8-10-2-3-12-11(6-10)4-5-18-14(12)17;1-2-7-4-3-5-8(6-7)9(10,11)12/h2-6,9H,7-8,16H2,1H3,(H2,17,18)(H,19,22)(H,20,21);3-6H,2H2,1H3. The number of nitrogen functional groups attached to an aromatic ring is 1. The van der Waals surface area contributed by atoms with Crippen molar-refractivity contribution in [1.82, 2.24) is 15.6 Å². The number of aryl methyl sites for hydroxylation is 1. The Morgan fingerprint density at radius 1 is 1.09 bits per heavy atom. The minimum atomic E-state index is -4.22. The van der Waals surface area contributed by atoms with E-state index in [-0.39, 0.29) is 18.4 Å². The van der Waals surface area contributed by atoms with Crippen molar-refractivity contribution in [1.29, 1.82) is 0 Å². The van der Waals surface area contributed by atoms with Crippen LogP contribution in [0.2, 0.25) is 0 Å². The van der Waals surface area contributed by atoms with Gasteiger partial charge < -0.3 is 22.1 Å². The van der Waals surface area contributed by atoms with Crippen molar-refractivity contribution in [3.8, 4) is 0 Å². The lowest BCUT2D eigenvalue weighted by molar-refractivity contribution is -0.137. The average molecular weight is 476 g/mol. The van der Waals surface area contributed by atoms with Gasteiger partial charge in [-0.1, -0.05) is 37.3 Å². The van der Waals surface area contributed by atoms with Gasteiger partial charge in [0.1, 0.15) is 11.9 Å². The summed E-state index contributed by atoms with van der Waals surface area (Å²) in [5, 5.41) is 7.11. The summed E-state index contributed by atoms with van der Waals surface area (Å²) in [4.78, 5) is 27.1. The van der Waals surface area contributed by atoms with E-state index in [0.29, 0.717) is 24.3 Å². The van der Waals surface area contributed by atoms with Crippen LogP contribution in [-0.2, 0) is 28.7 Å². The van der Waals surface area contributed by atoms with Crippen LogP contribution < -0.4 is 22.1 Å². The smallest absolute Gasteiger partial charge is 0.383 e. The summed E-state index contributed by atoms with van der Waals surface area (Å²) in [7, 11) is 0. The molecule has 34 heavy (non-hydrogen) atoms. The number of carbonyl (C=O) groups excluding carboxylic acids is 2.